The number of carbonyl (C=O) groups excluding carboxylic acids is 2. The van der Waals surface area contributed by atoms with Crippen molar-refractivity contribution in [3.63, 3.8) is 0 Å². The molecule has 0 aromatic carbocycles. The number of hydrogen-bond acceptors (Lipinski definition) is 5. The number of aromatic nitrogens is 2. The van der Waals surface area contributed by atoms with Gasteiger partial charge in [0, 0.05) is 6.20 Å². The molecule has 0 bridgehead atoms. The molecule has 8 heteroatoms. The molecule has 0 saturated heterocycles. The summed E-state index contributed by atoms with van der Waals surface area (Å²) in [6, 6.07) is -0.969. The number of nitrogens with zero attached hydrogens (tertiary/aromatic N) is 2. The molecule has 0 unspecified atom stereocenters. The Labute approximate surface area is 128 Å². The predicted molar refractivity (Wildman–Crippen MR) is 78.1 cm³/mol. The molecule has 0 aliphatic carbocycles. The van der Waals surface area contributed by atoms with E-state index >= 15 is 0 Å². The Morgan fingerprint density at radius 3 is 2.41 bits per heavy atom. The standard InChI is InChI=1S/C14H20N4O4/c1-8(2)4-10(14(21)22)18-12(19)7-17-13(20)11-6-15-9(3)5-16-11/h5-6,8,10H,4,7H2,1-3H3,(H,17,20)(H,18,19)(H,21,22)/t10-/m0/s1. The number of aliphatic carboxylic acids is 1. The van der Waals surface area contributed by atoms with Gasteiger partial charge in [0.25, 0.3) is 5.91 Å². The van der Waals surface area contributed by atoms with Gasteiger partial charge in [-0.2, -0.15) is 0 Å². The Morgan fingerprint density at radius 2 is 1.91 bits per heavy atom. The third kappa shape index (κ3) is 5.86. The maximum absolute atomic E-state index is 11.7. The third-order valence-electron chi connectivity index (χ3n) is 2.76. The quantitative estimate of drug-likeness (QED) is 0.658. The van der Waals surface area contributed by atoms with Crippen LogP contribution in [0.1, 0.15) is 36.5 Å². The smallest absolute Gasteiger partial charge is 0.326 e. The maximum atomic E-state index is 11.7. The van der Waals surface area contributed by atoms with E-state index in [9.17, 15) is 14.4 Å². The van der Waals surface area contributed by atoms with Crippen LogP contribution < -0.4 is 10.6 Å². The van der Waals surface area contributed by atoms with Crippen LogP contribution in [0.15, 0.2) is 12.4 Å². The Hall–Kier alpha value is -2.51. The highest BCUT2D eigenvalue weighted by Crippen LogP contribution is 2.04. The molecular weight excluding hydrogens is 288 g/mol. The Kier molecular flexibility index (Phi) is 6.43. The van der Waals surface area contributed by atoms with E-state index in [0.717, 1.165) is 0 Å². The van der Waals surface area contributed by atoms with Gasteiger partial charge in [-0.05, 0) is 19.3 Å². The fourth-order valence-electron chi connectivity index (χ4n) is 1.70. The molecule has 0 spiro atoms. The minimum atomic E-state index is -1.10. The van der Waals surface area contributed by atoms with E-state index in [0.29, 0.717) is 12.1 Å². The Morgan fingerprint density at radius 1 is 1.23 bits per heavy atom. The third-order valence-corrected chi connectivity index (χ3v) is 2.76. The lowest BCUT2D eigenvalue weighted by molar-refractivity contribution is -0.142. The van der Waals surface area contributed by atoms with Crippen LogP contribution >= 0.6 is 0 Å². The SMILES string of the molecule is Cc1cnc(C(=O)NCC(=O)N[C@@H](CC(C)C)C(=O)O)cn1. The molecule has 1 aromatic rings. The van der Waals surface area contributed by atoms with Crippen molar-refractivity contribution in [3.05, 3.63) is 23.8 Å². The normalized spacial score (nSPS) is 11.8. The number of carboxylic acid groups (broad SMARTS) is 1. The average molecular weight is 308 g/mol. The maximum Gasteiger partial charge on any atom is 0.326 e. The number of aryl methyl sites for hydroxylation is 1. The number of amides is 2. The molecule has 1 heterocycles. The van der Waals surface area contributed by atoms with Crippen molar-refractivity contribution in [1.82, 2.24) is 20.6 Å². The summed E-state index contributed by atoms with van der Waals surface area (Å²) in [6.45, 7) is 5.14. The molecule has 8 nitrogen and oxygen atoms in total. The highest BCUT2D eigenvalue weighted by Gasteiger charge is 2.21. The van der Waals surface area contributed by atoms with Crippen LogP contribution in [0.5, 0.6) is 0 Å². The number of rotatable bonds is 7. The molecule has 0 radical (unpaired) electrons. The van der Waals surface area contributed by atoms with E-state index in [2.05, 4.69) is 20.6 Å². The second-order valence-corrected chi connectivity index (χ2v) is 5.31. The van der Waals surface area contributed by atoms with E-state index in [-0.39, 0.29) is 18.2 Å². The second-order valence-electron chi connectivity index (χ2n) is 5.31. The zero-order valence-electron chi connectivity index (χ0n) is 12.8. The molecule has 1 aromatic heterocycles. The van der Waals surface area contributed by atoms with E-state index in [1.165, 1.54) is 12.4 Å². The van der Waals surface area contributed by atoms with Crippen molar-refractivity contribution in [2.24, 2.45) is 5.92 Å². The van der Waals surface area contributed by atoms with E-state index in [4.69, 9.17) is 5.11 Å². The van der Waals surface area contributed by atoms with Gasteiger partial charge in [0.1, 0.15) is 11.7 Å². The summed E-state index contributed by atoms with van der Waals surface area (Å²) in [7, 11) is 0. The van der Waals surface area contributed by atoms with E-state index in [1.54, 1.807) is 6.92 Å². The molecule has 1 rings (SSSR count). The molecular formula is C14H20N4O4. The van der Waals surface area contributed by atoms with Crippen molar-refractivity contribution < 1.29 is 19.5 Å². The van der Waals surface area contributed by atoms with Gasteiger partial charge in [0.15, 0.2) is 0 Å². The first-order chi connectivity index (χ1) is 10.3. The molecule has 120 valence electrons. The second kappa shape index (κ2) is 8.06. The van der Waals surface area contributed by atoms with E-state index < -0.39 is 23.8 Å². The predicted octanol–water partition coefficient (Wildman–Crippen LogP) is 0.130. The van der Waals surface area contributed by atoms with Gasteiger partial charge < -0.3 is 15.7 Å². The van der Waals surface area contributed by atoms with Crippen LogP contribution in [0.4, 0.5) is 0 Å². The average Bonchev–Trinajstić information content (AvgIpc) is 2.44. The lowest BCUT2D eigenvalue weighted by Gasteiger charge is -2.16. The van der Waals surface area contributed by atoms with Gasteiger partial charge in [-0.1, -0.05) is 13.8 Å². The van der Waals surface area contributed by atoms with Crippen molar-refractivity contribution in [3.8, 4) is 0 Å². The zero-order chi connectivity index (χ0) is 16.7. The van der Waals surface area contributed by atoms with Gasteiger partial charge in [-0.25, -0.2) is 9.78 Å². The van der Waals surface area contributed by atoms with Crippen LogP contribution in [0, 0.1) is 12.8 Å². The summed E-state index contributed by atoms with van der Waals surface area (Å²) in [4.78, 5) is 42.3. The van der Waals surface area contributed by atoms with Crippen LogP contribution in [0.3, 0.4) is 0 Å². The van der Waals surface area contributed by atoms with Gasteiger partial charge in [-0.3, -0.25) is 14.6 Å². The molecule has 0 fully saturated rings. The number of hydrogen-bond donors (Lipinski definition) is 3. The summed E-state index contributed by atoms with van der Waals surface area (Å²) in [5.74, 6) is -2.09. The van der Waals surface area contributed by atoms with Crippen molar-refractivity contribution in [2.45, 2.75) is 33.2 Å². The lowest BCUT2D eigenvalue weighted by atomic mass is 10.0. The topological polar surface area (TPSA) is 121 Å². The first-order valence-corrected chi connectivity index (χ1v) is 6.88. The largest absolute Gasteiger partial charge is 0.480 e. The van der Waals surface area contributed by atoms with E-state index in [1.807, 2.05) is 13.8 Å². The molecule has 3 N–H and O–H groups in total. The number of nitrogens with one attached hydrogen (secondary N) is 2. The summed E-state index contributed by atoms with van der Waals surface area (Å²) >= 11 is 0. The van der Waals surface area contributed by atoms with Crippen molar-refractivity contribution in [1.29, 1.82) is 0 Å². The zero-order valence-corrected chi connectivity index (χ0v) is 12.8. The number of carboxylic acids is 1. The van der Waals surface area contributed by atoms with Crippen molar-refractivity contribution in [2.75, 3.05) is 6.54 Å². The molecule has 0 saturated carbocycles. The fourth-order valence-corrected chi connectivity index (χ4v) is 1.70. The number of carbonyl (C=O) groups is 3. The molecule has 0 aliphatic rings. The van der Waals surface area contributed by atoms with Crippen LogP contribution in [0.2, 0.25) is 0 Å². The summed E-state index contributed by atoms with van der Waals surface area (Å²) in [6.07, 6.45) is 3.07. The van der Waals surface area contributed by atoms with Crippen LogP contribution in [-0.4, -0.2) is 45.4 Å². The molecule has 22 heavy (non-hydrogen) atoms. The van der Waals surface area contributed by atoms with Crippen molar-refractivity contribution >= 4 is 17.8 Å². The minimum Gasteiger partial charge on any atom is -0.480 e. The lowest BCUT2D eigenvalue weighted by Crippen LogP contribution is -2.46. The first kappa shape index (κ1) is 17.5. The van der Waals surface area contributed by atoms with Crippen LogP contribution in [0.25, 0.3) is 0 Å². The first-order valence-electron chi connectivity index (χ1n) is 6.88. The molecule has 2 amide bonds. The summed E-state index contributed by atoms with van der Waals surface area (Å²) in [5.41, 5.74) is 0.766. The molecule has 0 aliphatic heterocycles. The van der Waals surface area contributed by atoms with Gasteiger partial charge >= 0.3 is 5.97 Å². The highest BCUT2D eigenvalue weighted by atomic mass is 16.4. The Bertz CT molecular complexity index is 542. The highest BCUT2D eigenvalue weighted by molar-refractivity contribution is 5.95. The fraction of sp³-hybridized carbons (Fsp3) is 0.500. The van der Waals surface area contributed by atoms with Gasteiger partial charge in [0.2, 0.25) is 5.91 Å². The Balaban J connectivity index is 2.49. The monoisotopic (exact) mass is 308 g/mol. The van der Waals surface area contributed by atoms with Gasteiger partial charge in [-0.15, -0.1) is 0 Å². The summed E-state index contributed by atoms with van der Waals surface area (Å²) < 4.78 is 0. The summed E-state index contributed by atoms with van der Waals surface area (Å²) in [5, 5.41) is 13.8. The minimum absolute atomic E-state index is 0.0929. The molecule has 1 atom stereocenters. The van der Waals surface area contributed by atoms with Gasteiger partial charge in [0.05, 0.1) is 18.4 Å². The van der Waals surface area contributed by atoms with Crippen LogP contribution in [-0.2, 0) is 9.59 Å².